The molecule has 0 aromatic heterocycles. The minimum atomic E-state index is -0.313. The summed E-state index contributed by atoms with van der Waals surface area (Å²) in [6.07, 6.45) is 8.44. The third-order valence-corrected chi connectivity index (χ3v) is 5.38. The zero-order valence-corrected chi connectivity index (χ0v) is 13.0. The van der Waals surface area contributed by atoms with Crippen LogP contribution in [0, 0.1) is 24.5 Å². The maximum atomic E-state index is 14.0. The Hall–Kier alpha value is -0.440. The van der Waals surface area contributed by atoms with Crippen LogP contribution in [0.15, 0.2) is 12.1 Å². The van der Waals surface area contributed by atoms with Crippen molar-refractivity contribution < 1.29 is 8.78 Å². The number of hydrogen-bond acceptors (Lipinski definition) is 0. The van der Waals surface area contributed by atoms with Gasteiger partial charge in [-0.15, -0.1) is 0 Å². The highest BCUT2D eigenvalue weighted by atomic mass is 79.9. The lowest BCUT2D eigenvalue weighted by atomic mass is 9.86. The van der Waals surface area contributed by atoms with Crippen molar-refractivity contribution in [3.8, 4) is 0 Å². The van der Waals surface area contributed by atoms with Gasteiger partial charge in [0.25, 0.3) is 0 Å². The monoisotopic (exact) mass is 330 g/mol. The SMILES string of the molecule is Cc1cc(F)c(C(Br)C2CCCCCCC2)cc1F. The van der Waals surface area contributed by atoms with Gasteiger partial charge in [0, 0.05) is 10.4 Å². The molecule has 106 valence electrons. The summed E-state index contributed by atoms with van der Waals surface area (Å²) in [4.78, 5) is -0.0688. The standard InChI is InChI=1S/C16H21BrF2/c1-11-9-15(19)13(10-14(11)18)16(17)12-7-5-3-2-4-6-8-12/h9-10,12,16H,2-8H2,1H3. The van der Waals surface area contributed by atoms with Gasteiger partial charge in [0.1, 0.15) is 11.6 Å². The van der Waals surface area contributed by atoms with E-state index in [1.807, 2.05) is 0 Å². The van der Waals surface area contributed by atoms with Crippen LogP contribution in [0.5, 0.6) is 0 Å². The molecular weight excluding hydrogens is 310 g/mol. The van der Waals surface area contributed by atoms with Crippen molar-refractivity contribution in [3.63, 3.8) is 0 Å². The first-order chi connectivity index (χ1) is 9.09. The number of halogens is 3. The molecule has 0 bridgehead atoms. The largest absolute Gasteiger partial charge is 0.207 e. The van der Waals surface area contributed by atoms with Crippen LogP contribution < -0.4 is 0 Å². The van der Waals surface area contributed by atoms with Crippen molar-refractivity contribution in [1.29, 1.82) is 0 Å². The van der Waals surface area contributed by atoms with E-state index in [-0.39, 0.29) is 16.5 Å². The van der Waals surface area contributed by atoms with Crippen molar-refractivity contribution in [2.45, 2.75) is 56.7 Å². The molecule has 0 radical (unpaired) electrons. The number of alkyl halides is 1. The van der Waals surface area contributed by atoms with Crippen molar-refractivity contribution in [1.82, 2.24) is 0 Å². The number of rotatable bonds is 2. The molecule has 0 amide bonds. The van der Waals surface area contributed by atoms with E-state index in [1.54, 1.807) is 6.92 Å². The van der Waals surface area contributed by atoms with E-state index in [9.17, 15) is 8.78 Å². The fourth-order valence-corrected chi connectivity index (χ4v) is 3.79. The molecule has 1 atom stereocenters. The molecule has 1 fully saturated rings. The molecule has 1 aromatic carbocycles. The molecule has 1 unspecified atom stereocenters. The Balaban J connectivity index is 2.17. The van der Waals surface area contributed by atoms with E-state index in [0.29, 0.717) is 17.0 Å². The molecule has 1 aliphatic carbocycles. The summed E-state index contributed by atoms with van der Waals surface area (Å²) in [5, 5.41) is 0. The minimum absolute atomic E-state index is 0.0688. The van der Waals surface area contributed by atoms with Crippen LogP contribution in [0.3, 0.4) is 0 Å². The highest BCUT2D eigenvalue weighted by Crippen LogP contribution is 2.40. The highest BCUT2D eigenvalue weighted by molar-refractivity contribution is 9.09. The van der Waals surface area contributed by atoms with Crippen molar-refractivity contribution in [2.75, 3.05) is 0 Å². The predicted molar refractivity (Wildman–Crippen MR) is 78.6 cm³/mol. The molecule has 0 aliphatic heterocycles. The number of hydrogen-bond donors (Lipinski definition) is 0. The van der Waals surface area contributed by atoms with E-state index < -0.39 is 0 Å². The molecule has 1 saturated carbocycles. The Morgan fingerprint density at radius 2 is 1.58 bits per heavy atom. The summed E-state index contributed by atoms with van der Waals surface area (Å²) in [5.41, 5.74) is 0.854. The topological polar surface area (TPSA) is 0 Å². The van der Waals surface area contributed by atoms with Gasteiger partial charge in [-0.3, -0.25) is 0 Å². The van der Waals surface area contributed by atoms with Crippen LogP contribution in [0.1, 0.15) is 60.9 Å². The minimum Gasteiger partial charge on any atom is -0.207 e. The molecule has 0 nitrogen and oxygen atoms in total. The lowest BCUT2D eigenvalue weighted by Crippen LogP contribution is -2.12. The van der Waals surface area contributed by atoms with Crippen molar-refractivity contribution >= 4 is 15.9 Å². The first kappa shape index (κ1) is 15.0. The van der Waals surface area contributed by atoms with E-state index >= 15 is 0 Å². The van der Waals surface area contributed by atoms with Crippen LogP contribution in [0.4, 0.5) is 8.78 Å². The molecule has 1 aromatic rings. The van der Waals surface area contributed by atoms with Gasteiger partial charge in [-0.1, -0.05) is 48.0 Å². The molecule has 19 heavy (non-hydrogen) atoms. The molecular formula is C16H21BrF2. The summed E-state index contributed by atoms with van der Waals surface area (Å²) in [6.45, 7) is 1.60. The fourth-order valence-electron chi connectivity index (χ4n) is 2.91. The van der Waals surface area contributed by atoms with Crippen LogP contribution in [0.25, 0.3) is 0 Å². The summed E-state index contributed by atoms with van der Waals surface area (Å²) in [7, 11) is 0. The van der Waals surface area contributed by atoms with Gasteiger partial charge in [0.2, 0.25) is 0 Å². The van der Waals surface area contributed by atoms with Crippen LogP contribution >= 0.6 is 15.9 Å². The molecule has 0 saturated heterocycles. The van der Waals surface area contributed by atoms with E-state index in [0.717, 1.165) is 12.8 Å². The van der Waals surface area contributed by atoms with Crippen LogP contribution in [0.2, 0.25) is 0 Å². The van der Waals surface area contributed by atoms with E-state index in [2.05, 4.69) is 15.9 Å². The Kier molecular flexibility index (Phi) is 5.37. The normalized spacial score (nSPS) is 19.8. The van der Waals surface area contributed by atoms with Crippen molar-refractivity contribution in [3.05, 3.63) is 34.9 Å². The molecule has 1 aliphatic rings. The maximum Gasteiger partial charge on any atom is 0.128 e. The predicted octanol–water partition coefficient (Wildman–Crippen LogP) is 6.07. The average molecular weight is 331 g/mol. The molecule has 0 N–H and O–H groups in total. The average Bonchev–Trinajstić information content (AvgIpc) is 2.32. The van der Waals surface area contributed by atoms with Crippen molar-refractivity contribution in [2.24, 2.45) is 5.92 Å². The highest BCUT2D eigenvalue weighted by Gasteiger charge is 2.24. The first-order valence-corrected chi connectivity index (χ1v) is 8.11. The second-order valence-electron chi connectivity index (χ2n) is 5.63. The molecule has 0 spiro atoms. The Morgan fingerprint density at radius 1 is 1.00 bits per heavy atom. The van der Waals surface area contributed by atoms with E-state index in [4.69, 9.17) is 0 Å². The number of aryl methyl sites for hydroxylation is 1. The maximum absolute atomic E-state index is 14.0. The van der Waals surface area contributed by atoms with Gasteiger partial charge in [0.15, 0.2) is 0 Å². The van der Waals surface area contributed by atoms with Gasteiger partial charge >= 0.3 is 0 Å². The fraction of sp³-hybridized carbons (Fsp3) is 0.625. The quantitative estimate of drug-likeness (QED) is 0.577. The summed E-state index contributed by atoms with van der Waals surface area (Å²) >= 11 is 3.61. The Morgan fingerprint density at radius 3 is 2.21 bits per heavy atom. The van der Waals surface area contributed by atoms with Crippen LogP contribution in [-0.4, -0.2) is 0 Å². The Bertz CT molecular complexity index is 423. The third-order valence-electron chi connectivity index (χ3n) is 4.14. The number of benzene rings is 1. The lowest BCUT2D eigenvalue weighted by molar-refractivity contribution is 0.370. The smallest absolute Gasteiger partial charge is 0.128 e. The lowest BCUT2D eigenvalue weighted by Gasteiger charge is -2.25. The molecule has 0 heterocycles. The summed E-state index contributed by atoms with van der Waals surface area (Å²) in [6, 6.07) is 2.67. The van der Waals surface area contributed by atoms with Gasteiger partial charge in [-0.05, 0) is 43.4 Å². The Labute approximate surface area is 122 Å². The zero-order valence-electron chi connectivity index (χ0n) is 11.4. The van der Waals surface area contributed by atoms with Gasteiger partial charge in [0.05, 0.1) is 0 Å². The second-order valence-corrected chi connectivity index (χ2v) is 6.62. The van der Waals surface area contributed by atoms with Gasteiger partial charge in [-0.2, -0.15) is 0 Å². The third kappa shape index (κ3) is 3.77. The zero-order chi connectivity index (χ0) is 13.8. The second kappa shape index (κ2) is 6.83. The van der Waals surface area contributed by atoms with Crippen LogP contribution in [-0.2, 0) is 0 Å². The summed E-state index contributed by atoms with van der Waals surface area (Å²) < 4.78 is 27.7. The molecule has 3 heteroatoms. The molecule has 2 rings (SSSR count). The van der Waals surface area contributed by atoms with Gasteiger partial charge < -0.3 is 0 Å². The first-order valence-electron chi connectivity index (χ1n) is 7.19. The van der Waals surface area contributed by atoms with E-state index in [1.165, 1.54) is 44.2 Å². The summed E-state index contributed by atoms with van der Waals surface area (Å²) in [5.74, 6) is -0.188. The van der Waals surface area contributed by atoms with Gasteiger partial charge in [-0.25, -0.2) is 8.78 Å².